The van der Waals surface area contributed by atoms with Gasteiger partial charge in [-0.3, -0.25) is 14.9 Å². The molecule has 1 fully saturated rings. The zero-order valence-corrected chi connectivity index (χ0v) is 20.3. The molecule has 1 aliphatic heterocycles. The van der Waals surface area contributed by atoms with Crippen molar-refractivity contribution in [3.63, 3.8) is 0 Å². The minimum Gasteiger partial charge on any atom is -0.459 e. The Balaban J connectivity index is 1.31. The maximum absolute atomic E-state index is 12.5. The highest BCUT2D eigenvalue weighted by Crippen LogP contribution is 2.30. The summed E-state index contributed by atoms with van der Waals surface area (Å²) in [6.07, 6.45) is 2.41. The Labute approximate surface area is 208 Å². The number of hydrogen-bond donors (Lipinski definition) is 2. The molecule has 0 bridgehead atoms. The van der Waals surface area contributed by atoms with Crippen molar-refractivity contribution in [3.05, 3.63) is 82.8 Å². The molecule has 1 aromatic heterocycles. The molecule has 0 spiro atoms. The van der Waals surface area contributed by atoms with Gasteiger partial charge in [-0.1, -0.05) is 30.7 Å². The fourth-order valence-electron chi connectivity index (χ4n) is 3.78. The maximum atomic E-state index is 12.5. The van der Waals surface area contributed by atoms with Crippen molar-refractivity contribution in [3.8, 4) is 0 Å². The number of anilines is 2. The van der Waals surface area contributed by atoms with Gasteiger partial charge in [0.15, 0.2) is 10.9 Å². The van der Waals surface area contributed by atoms with Crippen LogP contribution in [-0.4, -0.2) is 48.0 Å². The summed E-state index contributed by atoms with van der Waals surface area (Å²) >= 11 is 11.8. The molecule has 4 rings (SSSR count). The minimum atomic E-state index is -0.273. The van der Waals surface area contributed by atoms with E-state index in [9.17, 15) is 9.59 Å². The van der Waals surface area contributed by atoms with Crippen molar-refractivity contribution in [1.29, 1.82) is 0 Å². The number of benzene rings is 2. The van der Waals surface area contributed by atoms with Gasteiger partial charge in [-0.15, -0.1) is 0 Å². The zero-order chi connectivity index (χ0) is 24.1. The van der Waals surface area contributed by atoms with Gasteiger partial charge in [0.05, 0.1) is 17.0 Å². The summed E-state index contributed by atoms with van der Waals surface area (Å²) in [5, 5.41) is 6.44. The molecule has 0 atom stereocenters. The smallest absolute Gasteiger partial charge is 0.289 e. The number of halogens is 1. The van der Waals surface area contributed by atoms with Crippen LogP contribution >= 0.6 is 23.8 Å². The number of carbonyl (C=O) groups is 2. The van der Waals surface area contributed by atoms with Crippen molar-refractivity contribution in [2.45, 2.75) is 13.3 Å². The number of rotatable bonds is 5. The van der Waals surface area contributed by atoms with Crippen LogP contribution in [0.4, 0.5) is 11.4 Å². The molecule has 2 N–H and O–H groups in total. The molecule has 3 aromatic rings. The Morgan fingerprint density at radius 2 is 1.79 bits per heavy atom. The first-order valence-electron chi connectivity index (χ1n) is 11.0. The van der Waals surface area contributed by atoms with Crippen LogP contribution in [0.2, 0.25) is 5.02 Å². The normalized spacial score (nSPS) is 13.5. The van der Waals surface area contributed by atoms with Crippen LogP contribution in [0.1, 0.15) is 33.4 Å². The van der Waals surface area contributed by atoms with Gasteiger partial charge in [-0.25, -0.2) is 0 Å². The molecule has 7 nitrogen and oxygen atoms in total. The van der Waals surface area contributed by atoms with Crippen molar-refractivity contribution < 1.29 is 14.0 Å². The molecule has 9 heteroatoms. The van der Waals surface area contributed by atoms with Crippen LogP contribution in [0.25, 0.3) is 0 Å². The number of furan rings is 1. The molecule has 2 heterocycles. The summed E-state index contributed by atoms with van der Waals surface area (Å²) in [4.78, 5) is 28.8. The SMILES string of the molecule is CCc1ccc(C(=O)NC(=S)Nc2ccc(N3CCN(C(=O)c4ccco4)CC3)c(Cl)c2)cc1. The number of amides is 2. The van der Waals surface area contributed by atoms with E-state index < -0.39 is 0 Å². The summed E-state index contributed by atoms with van der Waals surface area (Å²) in [5.41, 5.74) is 3.26. The average molecular weight is 497 g/mol. The van der Waals surface area contributed by atoms with Crippen LogP contribution in [0.3, 0.4) is 0 Å². The fraction of sp³-hybridized carbons (Fsp3) is 0.240. The van der Waals surface area contributed by atoms with E-state index in [-0.39, 0.29) is 16.9 Å². The summed E-state index contributed by atoms with van der Waals surface area (Å²) in [7, 11) is 0. The number of aryl methyl sites for hydroxylation is 1. The molecular weight excluding hydrogens is 472 g/mol. The van der Waals surface area contributed by atoms with E-state index in [0.717, 1.165) is 17.7 Å². The molecule has 2 amide bonds. The largest absolute Gasteiger partial charge is 0.459 e. The molecular formula is C25H25ClN4O3S. The lowest BCUT2D eigenvalue weighted by molar-refractivity contribution is 0.0714. The second-order valence-corrected chi connectivity index (χ2v) is 8.70. The zero-order valence-electron chi connectivity index (χ0n) is 18.7. The molecule has 1 aliphatic rings. The summed E-state index contributed by atoms with van der Waals surface area (Å²) < 4.78 is 5.21. The van der Waals surface area contributed by atoms with Crippen LogP contribution in [-0.2, 0) is 6.42 Å². The van der Waals surface area contributed by atoms with E-state index in [4.69, 9.17) is 28.2 Å². The Kier molecular flexibility index (Phi) is 7.49. The lowest BCUT2D eigenvalue weighted by Crippen LogP contribution is -2.48. The molecule has 0 aliphatic carbocycles. The fourth-order valence-corrected chi connectivity index (χ4v) is 4.29. The van der Waals surface area contributed by atoms with Crippen molar-refractivity contribution >= 4 is 52.1 Å². The highest BCUT2D eigenvalue weighted by molar-refractivity contribution is 7.80. The molecule has 2 aromatic carbocycles. The van der Waals surface area contributed by atoms with E-state index in [1.54, 1.807) is 35.2 Å². The van der Waals surface area contributed by atoms with E-state index in [1.807, 2.05) is 24.3 Å². The monoisotopic (exact) mass is 496 g/mol. The first-order chi connectivity index (χ1) is 16.4. The third-order valence-electron chi connectivity index (χ3n) is 5.70. The van der Waals surface area contributed by atoms with Crippen molar-refractivity contribution in [2.24, 2.45) is 0 Å². The molecule has 1 saturated heterocycles. The highest BCUT2D eigenvalue weighted by atomic mass is 35.5. The van der Waals surface area contributed by atoms with Crippen LogP contribution in [0, 0.1) is 0 Å². The molecule has 0 unspecified atom stereocenters. The summed E-state index contributed by atoms with van der Waals surface area (Å²) in [5.74, 6) is -0.0278. The predicted octanol–water partition coefficient (Wildman–Crippen LogP) is 4.58. The number of hydrogen-bond acceptors (Lipinski definition) is 5. The van der Waals surface area contributed by atoms with E-state index in [0.29, 0.717) is 48.2 Å². The molecule has 0 radical (unpaired) electrons. The second-order valence-electron chi connectivity index (χ2n) is 7.88. The third kappa shape index (κ3) is 5.58. The lowest BCUT2D eigenvalue weighted by atomic mass is 10.1. The average Bonchev–Trinajstić information content (AvgIpc) is 3.39. The first-order valence-corrected chi connectivity index (χ1v) is 11.8. The Morgan fingerprint density at radius 3 is 2.41 bits per heavy atom. The summed E-state index contributed by atoms with van der Waals surface area (Å²) in [6, 6.07) is 16.3. The Bertz CT molecular complexity index is 1170. The minimum absolute atomic E-state index is 0.104. The second kappa shape index (κ2) is 10.7. The molecule has 0 saturated carbocycles. The van der Waals surface area contributed by atoms with Crippen LogP contribution < -0.4 is 15.5 Å². The van der Waals surface area contributed by atoms with Gasteiger partial charge in [0.1, 0.15) is 0 Å². The van der Waals surface area contributed by atoms with Crippen LogP contribution in [0.15, 0.2) is 65.3 Å². The molecule has 176 valence electrons. The van der Waals surface area contributed by atoms with Gasteiger partial charge in [-0.05, 0) is 66.7 Å². The maximum Gasteiger partial charge on any atom is 0.289 e. The highest BCUT2D eigenvalue weighted by Gasteiger charge is 2.24. The molecule has 34 heavy (non-hydrogen) atoms. The number of carbonyl (C=O) groups excluding carboxylic acids is 2. The number of nitrogens with zero attached hydrogens (tertiary/aromatic N) is 2. The van der Waals surface area contributed by atoms with E-state index in [2.05, 4.69) is 22.5 Å². The van der Waals surface area contributed by atoms with Crippen molar-refractivity contribution in [2.75, 3.05) is 36.4 Å². The predicted molar refractivity (Wildman–Crippen MR) is 138 cm³/mol. The van der Waals surface area contributed by atoms with Gasteiger partial charge < -0.3 is 19.5 Å². The van der Waals surface area contributed by atoms with E-state index in [1.165, 1.54) is 6.26 Å². The van der Waals surface area contributed by atoms with Gasteiger partial charge in [0, 0.05) is 37.4 Å². The van der Waals surface area contributed by atoms with Gasteiger partial charge in [0.25, 0.3) is 11.8 Å². The van der Waals surface area contributed by atoms with E-state index >= 15 is 0 Å². The number of nitrogens with one attached hydrogen (secondary N) is 2. The summed E-state index contributed by atoms with van der Waals surface area (Å²) in [6.45, 7) is 4.53. The number of piperazine rings is 1. The van der Waals surface area contributed by atoms with Gasteiger partial charge in [-0.2, -0.15) is 0 Å². The Morgan fingerprint density at radius 1 is 1.06 bits per heavy atom. The number of thiocarbonyl (C=S) groups is 1. The van der Waals surface area contributed by atoms with Crippen LogP contribution in [0.5, 0.6) is 0 Å². The van der Waals surface area contributed by atoms with Gasteiger partial charge >= 0.3 is 0 Å². The standard InChI is InChI=1S/C25H25ClN4O3S/c1-2-17-5-7-18(8-6-17)23(31)28-25(34)27-19-9-10-21(20(26)16-19)29-11-13-30(14-12-29)24(32)22-4-3-15-33-22/h3-10,15-16H,2,11-14H2,1H3,(H2,27,28,31,34). The first kappa shape index (κ1) is 23.8. The van der Waals surface area contributed by atoms with Crippen molar-refractivity contribution in [1.82, 2.24) is 10.2 Å². The quantitative estimate of drug-likeness (QED) is 0.503. The Hall–Kier alpha value is -3.36. The lowest BCUT2D eigenvalue weighted by Gasteiger charge is -2.36. The topological polar surface area (TPSA) is 77.8 Å². The van der Waals surface area contributed by atoms with Gasteiger partial charge in [0.2, 0.25) is 0 Å². The third-order valence-corrected chi connectivity index (χ3v) is 6.20.